The van der Waals surface area contributed by atoms with Gasteiger partial charge < -0.3 is 4.98 Å². The summed E-state index contributed by atoms with van der Waals surface area (Å²) >= 11 is 1.54. The van der Waals surface area contributed by atoms with Gasteiger partial charge in [0.2, 0.25) is 0 Å². The number of thioether (sulfide) groups is 1. The van der Waals surface area contributed by atoms with E-state index in [-0.39, 0.29) is 5.56 Å². The SMILES string of the molecule is CSc1cc(C)c2c(=O)[nH]cnc2n1. The lowest BCUT2D eigenvalue weighted by Gasteiger charge is -2.01. The van der Waals surface area contributed by atoms with Gasteiger partial charge in [-0.3, -0.25) is 4.79 Å². The van der Waals surface area contributed by atoms with Gasteiger partial charge in [0.15, 0.2) is 5.65 Å². The fourth-order valence-electron chi connectivity index (χ4n) is 1.33. The Hall–Kier alpha value is -1.36. The summed E-state index contributed by atoms with van der Waals surface area (Å²) in [5, 5.41) is 1.46. The topological polar surface area (TPSA) is 58.6 Å². The van der Waals surface area contributed by atoms with E-state index in [0.29, 0.717) is 11.0 Å². The predicted octanol–water partition coefficient (Wildman–Crippen LogP) is 1.35. The van der Waals surface area contributed by atoms with Gasteiger partial charge in [0.05, 0.1) is 16.7 Å². The number of aryl methyl sites for hydroxylation is 1. The number of nitrogens with zero attached hydrogens (tertiary/aromatic N) is 2. The fraction of sp³-hybridized carbons (Fsp3) is 0.222. The minimum Gasteiger partial charge on any atom is -0.312 e. The van der Waals surface area contributed by atoms with Crippen molar-refractivity contribution in [3.8, 4) is 0 Å². The van der Waals surface area contributed by atoms with Crippen LogP contribution >= 0.6 is 11.8 Å². The minimum absolute atomic E-state index is 0.132. The Kier molecular flexibility index (Phi) is 2.25. The van der Waals surface area contributed by atoms with E-state index in [1.807, 2.05) is 19.2 Å². The zero-order valence-corrected chi connectivity index (χ0v) is 8.68. The Morgan fingerprint density at radius 2 is 2.29 bits per heavy atom. The quantitative estimate of drug-likeness (QED) is 0.717. The van der Waals surface area contributed by atoms with Crippen molar-refractivity contribution in [3.63, 3.8) is 0 Å². The summed E-state index contributed by atoms with van der Waals surface area (Å²) in [7, 11) is 0. The molecule has 2 aromatic rings. The maximum absolute atomic E-state index is 11.5. The van der Waals surface area contributed by atoms with Crippen LogP contribution in [-0.2, 0) is 0 Å². The van der Waals surface area contributed by atoms with Gasteiger partial charge >= 0.3 is 0 Å². The maximum Gasteiger partial charge on any atom is 0.260 e. The van der Waals surface area contributed by atoms with Crippen molar-refractivity contribution in [3.05, 3.63) is 28.3 Å². The summed E-state index contributed by atoms with van der Waals surface area (Å²) in [6.07, 6.45) is 3.32. The van der Waals surface area contributed by atoms with Gasteiger partial charge in [-0.2, -0.15) is 0 Å². The fourth-order valence-corrected chi connectivity index (χ4v) is 1.80. The molecule has 72 valence electrons. The third-order valence-electron chi connectivity index (χ3n) is 1.99. The molecule has 14 heavy (non-hydrogen) atoms. The molecule has 0 unspecified atom stereocenters. The minimum atomic E-state index is -0.132. The molecular formula is C9H9N3OS. The number of hydrogen-bond donors (Lipinski definition) is 1. The summed E-state index contributed by atoms with van der Waals surface area (Å²) in [5.74, 6) is 0. The molecular weight excluding hydrogens is 198 g/mol. The van der Waals surface area contributed by atoms with Crippen LogP contribution in [-0.4, -0.2) is 21.2 Å². The Morgan fingerprint density at radius 3 is 3.00 bits per heavy atom. The molecule has 0 fully saturated rings. The average molecular weight is 207 g/mol. The van der Waals surface area contributed by atoms with Crippen LogP contribution in [0, 0.1) is 6.92 Å². The van der Waals surface area contributed by atoms with E-state index >= 15 is 0 Å². The lowest BCUT2D eigenvalue weighted by molar-refractivity contribution is 1.08. The summed E-state index contributed by atoms with van der Waals surface area (Å²) < 4.78 is 0. The van der Waals surface area contributed by atoms with Gasteiger partial charge in [-0.15, -0.1) is 11.8 Å². The second-order valence-electron chi connectivity index (χ2n) is 2.91. The van der Waals surface area contributed by atoms with Crippen molar-refractivity contribution < 1.29 is 0 Å². The zero-order chi connectivity index (χ0) is 10.1. The van der Waals surface area contributed by atoms with Crippen LogP contribution in [0.1, 0.15) is 5.56 Å². The zero-order valence-electron chi connectivity index (χ0n) is 7.87. The van der Waals surface area contributed by atoms with E-state index in [0.717, 1.165) is 10.6 Å². The van der Waals surface area contributed by atoms with Crippen molar-refractivity contribution >= 4 is 22.8 Å². The summed E-state index contributed by atoms with van der Waals surface area (Å²) in [6.45, 7) is 1.89. The highest BCUT2D eigenvalue weighted by molar-refractivity contribution is 7.98. The Labute approximate surface area is 84.8 Å². The molecule has 0 spiro atoms. The highest BCUT2D eigenvalue weighted by Crippen LogP contribution is 2.17. The number of nitrogens with one attached hydrogen (secondary N) is 1. The van der Waals surface area contributed by atoms with Crippen LogP contribution in [0.25, 0.3) is 11.0 Å². The summed E-state index contributed by atoms with van der Waals surface area (Å²) in [4.78, 5) is 22.3. The molecule has 0 bridgehead atoms. The van der Waals surface area contributed by atoms with Crippen molar-refractivity contribution in [2.75, 3.05) is 6.26 Å². The number of H-pyrrole nitrogens is 1. The van der Waals surface area contributed by atoms with E-state index in [9.17, 15) is 4.79 Å². The lowest BCUT2D eigenvalue weighted by atomic mass is 10.2. The van der Waals surface area contributed by atoms with Crippen LogP contribution in [0.2, 0.25) is 0 Å². The van der Waals surface area contributed by atoms with Crippen molar-refractivity contribution in [2.24, 2.45) is 0 Å². The highest BCUT2D eigenvalue weighted by Gasteiger charge is 2.05. The van der Waals surface area contributed by atoms with Crippen LogP contribution in [0.5, 0.6) is 0 Å². The Morgan fingerprint density at radius 1 is 1.50 bits per heavy atom. The summed E-state index contributed by atoms with van der Waals surface area (Å²) in [6, 6.07) is 1.89. The third-order valence-corrected chi connectivity index (χ3v) is 2.62. The number of aromatic nitrogens is 3. The molecule has 4 nitrogen and oxygen atoms in total. The second kappa shape index (κ2) is 3.42. The van der Waals surface area contributed by atoms with Gasteiger partial charge in [-0.25, -0.2) is 9.97 Å². The molecule has 0 aliphatic carbocycles. The van der Waals surface area contributed by atoms with Gasteiger partial charge in [-0.05, 0) is 24.8 Å². The smallest absolute Gasteiger partial charge is 0.260 e. The molecule has 2 rings (SSSR count). The molecule has 0 atom stereocenters. The number of fused-ring (bicyclic) bond motifs is 1. The number of aromatic amines is 1. The van der Waals surface area contributed by atoms with E-state index < -0.39 is 0 Å². The first-order valence-electron chi connectivity index (χ1n) is 4.11. The summed E-state index contributed by atoms with van der Waals surface area (Å²) in [5.41, 5.74) is 1.29. The number of rotatable bonds is 1. The molecule has 0 aliphatic rings. The number of hydrogen-bond acceptors (Lipinski definition) is 4. The second-order valence-corrected chi connectivity index (χ2v) is 3.74. The lowest BCUT2D eigenvalue weighted by Crippen LogP contribution is -2.09. The van der Waals surface area contributed by atoms with Gasteiger partial charge in [0, 0.05) is 0 Å². The van der Waals surface area contributed by atoms with E-state index in [4.69, 9.17) is 0 Å². The molecule has 1 N–H and O–H groups in total. The van der Waals surface area contributed by atoms with E-state index in [1.54, 1.807) is 11.8 Å². The molecule has 0 saturated carbocycles. The van der Waals surface area contributed by atoms with Gasteiger partial charge in [0.25, 0.3) is 5.56 Å². The standard InChI is InChI=1S/C9H9N3OS/c1-5-3-6(14-2)12-8-7(5)9(13)11-4-10-8/h3-4H,1-2H3,(H,10,11,12,13). The largest absolute Gasteiger partial charge is 0.312 e. The van der Waals surface area contributed by atoms with Crippen LogP contribution in [0.15, 0.2) is 22.2 Å². The van der Waals surface area contributed by atoms with Gasteiger partial charge in [0.1, 0.15) is 0 Å². The monoisotopic (exact) mass is 207 g/mol. The molecule has 0 aliphatic heterocycles. The van der Waals surface area contributed by atoms with Crippen LogP contribution in [0.3, 0.4) is 0 Å². The van der Waals surface area contributed by atoms with Crippen molar-refractivity contribution in [1.82, 2.24) is 15.0 Å². The number of pyridine rings is 1. The molecule has 2 heterocycles. The molecule has 2 aromatic heterocycles. The predicted molar refractivity (Wildman–Crippen MR) is 56.7 cm³/mol. The Bertz CT molecular complexity index is 535. The molecule has 0 amide bonds. The first-order valence-corrected chi connectivity index (χ1v) is 5.34. The van der Waals surface area contributed by atoms with E-state index in [2.05, 4.69) is 15.0 Å². The van der Waals surface area contributed by atoms with Crippen molar-refractivity contribution in [1.29, 1.82) is 0 Å². The van der Waals surface area contributed by atoms with E-state index in [1.165, 1.54) is 6.33 Å². The van der Waals surface area contributed by atoms with Gasteiger partial charge in [-0.1, -0.05) is 0 Å². The van der Waals surface area contributed by atoms with Crippen molar-refractivity contribution in [2.45, 2.75) is 11.9 Å². The molecule has 0 radical (unpaired) electrons. The average Bonchev–Trinajstić information content (AvgIpc) is 2.17. The molecule has 0 aromatic carbocycles. The first-order chi connectivity index (χ1) is 6.72. The van der Waals surface area contributed by atoms with Crippen LogP contribution in [0.4, 0.5) is 0 Å². The Balaban J connectivity index is 2.90. The maximum atomic E-state index is 11.5. The highest BCUT2D eigenvalue weighted by atomic mass is 32.2. The first kappa shape index (κ1) is 9.21. The normalized spacial score (nSPS) is 10.7. The molecule has 5 heteroatoms. The van der Waals surface area contributed by atoms with Crippen LogP contribution < -0.4 is 5.56 Å². The molecule has 0 saturated heterocycles. The third kappa shape index (κ3) is 1.39.